The maximum Gasteiger partial charge on any atom is 0.122 e. The van der Waals surface area contributed by atoms with Crippen molar-refractivity contribution < 1.29 is 4.74 Å². The number of benzene rings is 1. The minimum absolute atomic E-state index is 0.424. The SMILES string of the molecule is CC(NC1CCN(C)C1)c1ccc2c(c1)CCO2. The molecule has 3 heteroatoms. The Labute approximate surface area is 109 Å². The Morgan fingerprint density at radius 2 is 2.33 bits per heavy atom. The van der Waals surface area contributed by atoms with Crippen molar-refractivity contribution in [3.8, 4) is 5.75 Å². The number of nitrogens with one attached hydrogen (secondary N) is 1. The summed E-state index contributed by atoms with van der Waals surface area (Å²) in [6.45, 7) is 5.48. The van der Waals surface area contributed by atoms with Crippen LogP contribution in [0.25, 0.3) is 0 Å². The second-order valence-corrected chi connectivity index (χ2v) is 5.60. The van der Waals surface area contributed by atoms with E-state index < -0.39 is 0 Å². The van der Waals surface area contributed by atoms with E-state index in [1.54, 1.807) is 0 Å². The van der Waals surface area contributed by atoms with Gasteiger partial charge in [-0.05, 0) is 44.1 Å². The molecule has 2 aliphatic rings. The lowest BCUT2D eigenvalue weighted by Crippen LogP contribution is -2.33. The molecule has 1 N–H and O–H groups in total. The van der Waals surface area contributed by atoms with Crippen LogP contribution < -0.4 is 10.1 Å². The Kier molecular flexibility index (Phi) is 3.27. The fraction of sp³-hybridized carbons (Fsp3) is 0.600. The number of likely N-dealkylation sites (tertiary alicyclic amines) is 1. The van der Waals surface area contributed by atoms with E-state index in [1.165, 1.54) is 30.6 Å². The predicted octanol–water partition coefficient (Wildman–Crippen LogP) is 1.98. The largest absolute Gasteiger partial charge is 0.493 e. The topological polar surface area (TPSA) is 24.5 Å². The van der Waals surface area contributed by atoms with Gasteiger partial charge < -0.3 is 15.0 Å². The zero-order chi connectivity index (χ0) is 12.5. The second kappa shape index (κ2) is 4.90. The summed E-state index contributed by atoms with van der Waals surface area (Å²) in [5, 5.41) is 3.73. The fourth-order valence-corrected chi connectivity index (χ4v) is 3.00. The fourth-order valence-electron chi connectivity index (χ4n) is 3.00. The molecule has 1 aromatic carbocycles. The Hall–Kier alpha value is -1.06. The van der Waals surface area contributed by atoms with Crippen LogP contribution in [0.15, 0.2) is 18.2 Å². The summed E-state index contributed by atoms with van der Waals surface area (Å²) < 4.78 is 5.55. The molecule has 1 aromatic rings. The minimum Gasteiger partial charge on any atom is -0.493 e. The molecule has 98 valence electrons. The van der Waals surface area contributed by atoms with E-state index in [-0.39, 0.29) is 0 Å². The van der Waals surface area contributed by atoms with Gasteiger partial charge >= 0.3 is 0 Å². The first-order valence-electron chi connectivity index (χ1n) is 6.92. The Balaban J connectivity index is 1.67. The van der Waals surface area contributed by atoms with Crippen LogP contribution in [0.1, 0.15) is 30.5 Å². The number of rotatable bonds is 3. The molecule has 3 rings (SSSR count). The van der Waals surface area contributed by atoms with Crippen molar-refractivity contribution in [1.82, 2.24) is 10.2 Å². The summed E-state index contributed by atoms with van der Waals surface area (Å²) in [6, 6.07) is 7.68. The van der Waals surface area contributed by atoms with Gasteiger partial charge in [-0.3, -0.25) is 0 Å². The lowest BCUT2D eigenvalue weighted by molar-refractivity contribution is 0.356. The molecular weight excluding hydrogens is 224 g/mol. The van der Waals surface area contributed by atoms with Crippen LogP contribution in [0, 0.1) is 0 Å². The quantitative estimate of drug-likeness (QED) is 0.882. The third-order valence-electron chi connectivity index (χ3n) is 4.09. The van der Waals surface area contributed by atoms with Crippen molar-refractivity contribution >= 4 is 0 Å². The van der Waals surface area contributed by atoms with E-state index in [9.17, 15) is 0 Å². The number of fused-ring (bicyclic) bond motifs is 1. The molecule has 0 aliphatic carbocycles. The maximum absolute atomic E-state index is 5.55. The van der Waals surface area contributed by atoms with Crippen molar-refractivity contribution in [2.24, 2.45) is 0 Å². The smallest absolute Gasteiger partial charge is 0.122 e. The summed E-state index contributed by atoms with van der Waals surface area (Å²) in [5.41, 5.74) is 2.75. The minimum atomic E-state index is 0.424. The van der Waals surface area contributed by atoms with Crippen molar-refractivity contribution in [2.75, 3.05) is 26.7 Å². The van der Waals surface area contributed by atoms with Crippen LogP contribution in [0.4, 0.5) is 0 Å². The molecular formula is C15H22N2O. The number of ether oxygens (including phenoxy) is 1. The molecule has 0 spiro atoms. The maximum atomic E-state index is 5.55. The summed E-state index contributed by atoms with van der Waals surface area (Å²) >= 11 is 0. The Morgan fingerprint density at radius 3 is 3.11 bits per heavy atom. The first-order chi connectivity index (χ1) is 8.72. The third-order valence-corrected chi connectivity index (χ3v) is 4.09. The van der Waals surface area contributed by atoms with Gasteiger partial charge in [-0.25, -0.2) is 0 Å². The van der Waals surface area contributed by atoms with Gasteiger partial charge in [0, 0.05) is 25.0 Å². The lowest BCUT2D eigenvalue weighted by atomic mass is 10.0. The number of likely N-dealkylation sites (N-methyl/N-ethyl adjacent to an activating group) is 1. The van der Waals surface area contributed by atoms with Crippen molar-refractivity contribution in [3.05, 3.63) is 29.3 Å². The molecule has 1 saturated heterocycles. The van der Waals surface area contributed by atoms with Gasteiger partial charge in [-0.15, -0.1) is 0 Å². The molecule has 2 atom stereocenters. The Bertz CT molecular complexity index is 433. The van der Waals surface area contributed by atoms with Crippen molar-refractivity contribution in [3.63, 3.8) is 0 Å². The van der Waals surface area contributed by atoms with Gasteiger partial charge in [-0.1, -0.05) is 12.1 Å². The van der Waals surface area contributed by atoms with Crippen molar-refractivity contribution in [1.29, 1.82) is 0 Å². The number of hydrogen-bond donors (Lipinski definition) is 1. The highest BCUT2D eigenvalue weighted by atomic mass is 16.5. The molecule has 0 radical (unpaired) electrons. The normalized spacial score (nSPS) is 24.9. The van der Waals surface area contributed by atoms with Gasteiger partial charge in [0.15, 0.2) is 0 Å². The van der Waals surface area contributed by atoms with E-state index >= 15 is 0 Å². The van der Waals surface area contributed by atoms with Crippen LogP contribution in [0.3, 0.4) is 0 Å². The van der Waals surface area contributed by atoms with Gasteiger partial charge in [0.2, 0.25) is 0 Å². The monoisotopic (exact) mass is 246 g/mol. The van der Waals surface area contributed by atoms with E-state index in [2.05, 4.69) is 42.4 Å². The van der Waals surface area contributed by atoms with E-state index in [4.69, 9.17) is 4.74 Å². The van der Waals surface area contributed by atoms with Gasteiger partial charge in [0.25, 0.3) is 0 Å². The standard InChI is InChI=1S/C15H22N2O/c1-11(16-14-5-7-17(2)10-14)12-3-4-15-13(9-12)6-8-18-15/h3-4,9,11,14,16H,5-8,10H2,1-2H3. The molecule has 2 heterocycles. The van der Waals surface area contributed by atoms with Gasteiger partial charge in [0.1, 0.15) is 5.75 Å². The van der Waals surface area contributed by atoms with Crippen molar-refractivity contribution in [2.45, 2.75) is 31.8 Å². The molecule has 0 bridgehead atoms. The molecule has 0 aromatic heterocycles. The summed E-state index contributed by atoms with van der Waals surface area (Å²) in [5.74, 6) is 1.08. The molecule has 2 aliphatic heterocycles. The average Bonchev–Trinajstić information content (AvgIpc) is 2.96. The molecule has 0 saturated carbocycles. The highest BCUT2D eigenvalue weighted by molar-refractivity contribution is 5.40. The van der Waals surface area contributed by atoms with Crippen LogP contribution in [0.2, 0.25) is 0 Å². The van der Waals surface area contributed by atoms with Gasteiger partial charge in [-0.2, -0.15) is 0 Å². The molecule has 3 nitrogen and oxygen atoms in total. The van der Waals surface area contributed by atoms with E-state index in [0.717, 1.165) is 18.8 Å². The van der Waals surface area contributed by atoms with Crippen LogP contribution in [-0.2, 0) is 6.42 Å². The van der Waals surface area contributed by atoms with Crippen LogP contribution in [0.5, 0.6) is 5.75 Å². The predicted molar refractivity (Wildman–Crippen MR) is 73.1 cm³/mol. The first-order valence-corrected chi connectivity index (χ1v) is 6.92. The highest BCUT2D eigenvalue weighted by Crippen LogP contribution is 2.28. The molecule has 0 amide bonds. The summed E-state index contributed by atoms with van der Waals surface area (Å²) in [4.78, 5) is 2.39. The zero-order valence-corrected chi connectivity index (χ0v) is 11.3. The Morgan fingerprint density at radius 1 is 1.44 bits per heavy atom. The van der Waals surface area contributed by atoms with Crippen LogP contribution in [-0.4, -0.2) is 37.7 Å². The molecule has 1 fully saturated rings. The third kappa shape index (κ3) is 2.38. The average molecular weight is 246 g/mol. The van der Waals surface area contributed by atoms with E-state index in [1.807, 2.05) is 0 Å². The second-order valence-electron chi connectivity index (χ2n) is 5.60. The first kappa shape index (κ1) is 12.0. The highest BCUT2D eigenvalue weighted by Gasteiger charge is 2.22. The zero-order valence-electron chi connectivity index (χ0n) is 11.3. The summed E-state index contributed by atoms with van der Waals surface area (Å²) in [7, 11) is 2.19. The summed E-state index contributed by atoms with van der Waals surface area (Å²) in [6.07, 6.45) is 2.32. The number of hydrogen-bond acceptors (Lipinski definition) is 3. The lowest BCUT2D eigenvalue weighted by Gasteiger charge is -2.20. The van der Waals surface area contributed by atoms with Gasteiger partial charge in [0.05, 0.1) is 6.61 Å². The van der Waals surface area contributed by atoms with E-state index in [0.29, 0.717) is 12.1 Å². The van der Waals surface area contributed by atoms with Crippen LogP contribution >= 0.6 is 0 Å². The molecule has 2 unspecified atom stereocenters. The molecule has 18 heavy (non-hydrogen) atoms. The number of nitrogens with zero attached hydrogens (tertiary/aromatic N) is 1.